The van der Waals surface area contributed by atoms with E-state index in [0.29, 0.717) is 5.56 Å². The third-order valence-electron chi connectivity index (χ3n) is 4.40. The van der Waals surface area contributed by atoms with Gasteiger partial charge in [-0.05, 0) is 32.5 Å². The molecule has 2 atom stereocenters. The van der Waals surface area contributed by atoms with Gasteiger partial charge in [0.15, 0.2) is 0 Å². The molecule has 0 aromatic heterocycles. The van der Waals surface area contributed by atoms with Gasteiger partial charge in [0, 0.05) is 44.8 Å². The van der Waals surface area contributed by atoms with Crippen molar-refractivity contribution in [2.45, 2.75) is 32.1 Å². The summed E-state index contributed by atoms with van der Waals surface area (Å²) in [5.41, 5.74) is -0.239. The van der Waals surface area contributed by atoms with E-state index < -0.39 is 11.7 Å². The predicted octanol–water partition coefficient (Wildman–Crippen LogP) is 2.99. The third kappa shape index (κ3) is 5.19. The monoisotopic (exact) mass is 329 g/mol. The first-order valence-corrected chi connectivity index (χ1v) is 8.10. The van der Waals surface area contributed by atoms with Crippen LogP contribution in [0.3, 0.4) is 0 Å². The maximum absolute atomic E-state index is 13.1. The lowest BCUT2D eigenvalue weighted by Crippen LogP contribution is -2.49. The first kappa shape index (κ1) is 18.2. The van der Waals surface area contributed by atoms with Crippen molar-refractivity contribution in [3.63, 3.8) is 0 Å². The Labute approximate surface area is 136 Å². The molecule has 0 bridgehead atoms. The number of nitrogens with one attached hydrogen (secondary N) is 1. The van der Waals surface area contributed by atoms with Crippen LogP contribution in [-0.4, -0.2) is 55.6 Å². The summed E-state index contributed by atoms with van der Waals surface area (Å²) in [4.78, 5) is 4.65. The third-order valence-corrected chi connectivity index (χ3v) is 4.40. The Morgan fingerprint density at radius 2 is 1.70 bits per heavy atom. The highest BCUT2D eigenvalue weighted by Crippen LogP contribution is 2.34. The summed E-state index contributed by atoms with van der Waals surface area (Å²) >= 11 is 0. The van der Waals surface area contributed by atoms with Gasteiger partial charge in [-0.3, -0.25) is 4.90 Å². The number of alkyl halides is 3. The second-order valence-electron chi connectivity index (χ2n) is 6.48. The van der Waals surface area contributed by atoms with E-state index in [-0.39, 0.29) is 12.1 Å². The quantitative estimate of drug-likeness (QED) is 0.896. The van der Waals surface area contributed by atoms with E-state index in [1.165, 1.54) is 6.07 Å². The number of halogens is 3. The Morgan fingerprint density at radius 3 is 2.30 bits per heavy atom. The van der Waals surface area contributed by atoms with Crippen LogP contribution in [0.25, 0.3) is 0 Å². The van der Waals surface area contributed by atoms with Crippen molar-refractivity contribution in [2.24, 2.45) is 0 Å². The molecule has 1 heterocycles. The molecule has 23 heavy (non-hydrogen) atoms. The van der Waals surface area contributed by atoms with Crippen molar-refractivity contribution in [1.29, 1.82) is 0 Å². The van der Waals surface area contributed by atoms with E-state index in [2.05, 4.69) is 22.2 Å². The molecule has 3 nitrogen and oxygen atoms in total. The highest BCUT2D eigenvalue weighted by molar-refractivity contribution is 5.32. The Kier molecular flexibility index (Phi) is 6.06. The van der Waals surface area contributed by atoms with E-state index in [4.69, 9.17) is 0 Å². The van der Waals surface area contributed by atoms with E-state index in [0.717, 1.165) is 38.8 Å². The van der Waals surface area contributed by atoms with Crippen LogP contribution in [0, 0.1) is 0 Å². The maximum Gasteiger partial charge on any atom is 0.416 e. The fourth-order valence-corrected chi connectivity index (χ4v) is 3.12. The van der Waals surface area contributed by atoms with E-state index in [9.17, 15) is 13.2 Å². The highest BCUT2D eigenvalue weighted by Gasteiger charge is 2.34. The molecule has 0 radical (unpaired) electrons. The molecule has 0 saturated carbocycles. The summed E-state index contributed by atoms with van der Waals surface area (Å²) in [6.45, 7) is 8.78. The zero-order valence-corrected chi connectivity index (χ0v) is 14.0. The molecule has 6 heteroatoms. The normalized spacial score (nSPS) is 20.4. The van der Waals surface area contributed by atoms with Gasteiger partial charge in [-0.15, -0.1) is 0 Å². The number of hydrogen-bond donors (Lipinski definition) is 1. The summed E-state index contributed by atoms with van der Waals surface area (Å²) in [5, 5.41) is 3.31. The number of nitrogens with zero attached hydrogens (tertiary/aromatic N) is 2. The lowest BCUT2D eigenvalue weighted by molar-refractivity contribution is -0.138. The van der Waals surface area contributed by atoms with Gasteiger partial charge in [0.25, 0.3) is 0 Å². The molecule has 1 aromatic carbocycles. The molecule has 1 aliphatic rings. The number of likely N-dealkylation sites (N-methyl/N-ethyl adjacent to an activating group) is 1. The smallest absolute Gasteiger partial charge is 0.306 e. The van der Waals surface area contributed by atoms with Crippen molar-refractivity contribution in [3.8, 4) is 0 Å². The van der Waals surface area contributed by atoms with Gasteiger partial charge in [-0.25, -0.2) is 0 Å². The Hall–Kier alpha value is -1.11. The fraction of sp³-hybridized carbons (Fsp3) is 0.647. The average molecular weight is 329 g/mol. The van der Waals surface area contributed by atoms with Gasteiger partial charge in [0.2, 0.25) is 0 Å². The van der Waals surface area contributed by atoms with E-state index in [1.807, 2.05) is 6.92 Å². The molecule has 1 aromatic rings. The maximum atomic E-state index is 13.1. The molecule has 1 saturated heterocycles. The van der Waals surface area contributed by atoms with E-state index >= 15 is 0 Å². The molecule has 130 valence electrons. The number of rotatable bonds is 5. The molecular formula is C17H26F3N3. The van der Waals surface area contributed by atoms with Crippen molar-refractivity contribution < 1.29 is 13.2 Å². The fourth-order valence-electron chi connectivity index (χ4n) is 3.12. The number of benzene rings is 1. The topological polar surface area (TPSA) is 18.5 Å². The Balaban J connectivity index is 1.95. The molecular weight excluding hydrogens is 303 g/mol. The van der Waals surface area contributed by atoms with E-state index in [1.54, 1.807) is 19.1 Å². The lowest BCUT2D eigenvalue weighted by atomic mass is 10.0. The number of piperazine rings is 1. The minimum absolute atomic E-state index is 0.134. The van der Waals surface area contributed by atoms with Crippen LogP contribution in [0.5, 0.6) is 0 Å². The van der Waals surface area contributed by atoms with Crippen LogP contribution < -0.4 is 5.32 Å². The standard InChI is InChI=1S/C17H26F3N3/c1-13(12-23-10-8-22(3)9-11-23)21-14(2)15-6-4-5-7-16(15)17(18,19)20/h4-7,13-14,21H,8-12H2,1-3H3/t13-,14-/m0/s1. The van der Waals surface area contributed by atoms with Gasteiger partial charge in [-0.2, -0.15) is 13.2 Å². The number of hydrogen-bond acceptors (Lipinski definition) is 3. The second kappa shape index (κ2) is 7.64. The molecule has 0 unspecified atom stereocenters. The minimum Gasteiger partial charge on any atom is -0.306 e. The molecule has 0 amide bonds. The zero-order chi connectivity index (χ0) is 17.0. The van der Waals surface area contributed by atoms with Gasteiger partial charge in [0.1, 0.15) is 0 Å². The lowest BCUT2D eigenvalue weighted by Gasteiger charge is -2.35. The molecule has 0 spiro atoms. The van der Waals surface area contributed by atoms with Crippen LogP contribution in [-0.2, 0) is 6.18 Å². The van der Waals surface area contributed by atoms with Crippen molar-refractivity contribution >= 4 is 0 Å². The van der Waals surface area contributed by atoms with Crippen LogP contribution in [0.2, 0.25) is 0 Å². The molecule has 1 fully saturated rings. The molecule has 1 N–H and O–H groups in total. The van der Waals surface area contributed by atoms with Crippen LogP contribution >= 0.6 is 0 Å². The van der Waals surface area contributed by atoms with Gasteiger partial charge in [-0.1, -0.05) is 18.2 Å². The summed E-state index contributed by atoms with van der Waals surface area (Å²) in [7, 11) is 2.11. The van der Waals surface area contributed by atoms with Crippen LogP contribution in [0.1, 0.15) is 31.0 Å². The zero-order valence-electron chi connectivity index (χ0n) is 14.0. The Morgan fingerprint density at radius 1 is 1.09 bits per heavy atom. The summed E-state index contributed by atoms with van der Waals surface area (Å²) in [6, 6.07) is 5.60. The van der Waals surface area contributed by atoms with Gasteiger partial charge >= 0.3 is 6.18 Å². The first-order valence-electron chi connectivity index (χ1n) is 8.10. The summed E-state index contributed by atoms with van der Waals surface area (Å²) in [6.07, 6.45) is -4.31. The largest absolute Gasteiger partial charge is 0.416 e. The Bertz CT molecular complexity index is 496. The van der Waals surface area contributed by atoms with Crippen molar-refractivity contribution in [1.82, 2.24) is 15.1 Å². The van der Waals surface area contributed by atoms with Crippen LogP contribution in [0.4, 0.5) is 13.2 Å². The summed E-state index contributed by atoms with van der Waals surface area (Å²) < 4.78 is 39.3. The predicted molar refractivity (Wildman–Crippen MR) is 86.4 cm³/mol. The summed E-state index contributed by atoms with van der Waals surface area (Å²) in [5.74, 6) is 0. The van der Waals surface area contributed by atoms with Crippen molar-refractivity contribution in [2.75, 3.05) is 39.8 Å². The molecule has 1 aliphatic heterocycles. The van der Waals surface area contributed by atoms with Crippen molar-refractivity contribution in [3.05, 3.63) is 35.4 Å². The highest BCUT2D eigenvalue weighted by atomic mass is 19.4. The minimum atomic E-state index is -4.31. The second-order valence-corrected chi connectivity index (χ2v) is 6.48. The van der Waals surface area contributed by atoms with Gasteiger partial charge in [0.05, 0.1) is 5.56 Å². The average Bonchev–Trinajstić information content (AvgIpc) is 2.48. The van der Waals surface area contributed by atoms with Gasteiger partial charge < -0.3 is 10.2 Å². The molecule has 0 aliphatic carbocycles. The first-order chi connectivity index (χ1) is 10.8. The van der Waals surface area contributed by atoms with Crippen LogP contribution in [0.15, 0.2) is 24.3 Å². The SMILES string of the molecule is C[C@H](N[C@@H](C)CN1CCN(C)CC1)c1ccccc1C(F)(F)F. The molecule has 2 rings (SSSR count).